The Balaban J connectivity index is 0.00000140. The minimum atomic E-state index is -0.300. The van der Waals surface area contributed by atoms with Gasteiger partial charge in [-0.2, -0.15) is 0 Å². The van der Waals surface area contributed by atoms with Crippen molar-refractivity contribution < 1.29 is 9.18 Å². The maximum atomic E-state index is 14.7. The molecule has 0 radical (unpaired) electrons. The molecule has 0 aromatic heterocycles. The molecular weight excluding hydrogens is 400 g/mol. The Kier molecular flexibility index (Phi) is 8.25. The van der Waals surface area contributed by atoms with E-state index >= 15 is 0 Å². The van der Waals surface area contributed by atoms with Gasteiger partial charge in [-0.05, 0) is 73.8 Å². The lowest BCUT2D eigenvalue weighted by Crippen LogP contribution is -2.25. The SMILES string of the molecule is Cl.Cl.O=C(Nc1ccc2c(c1F)CCNC2)c1cccc(CN2CCCC2)c1. The Bertz CT molecular complexity index is 825. The number of fused-ring (bicyclic) bond motifs is 1. The van der Waals surface area contributed by atoms with Gasteiger partial charge in [0.25, 0.3) is 5.91 Å². The first-order valence-electron chi connectivity index (χ1n) is 9.34. The van der Waals surface area contributed by atoms with Crippen LogP contribution >= 0.6 is 24.8 Å². The minimum absolute atomic E-state index is 0. The molecule has 4 nitrogen and oxygen atoms in total. The molecule has 0 unspecified atom stereocenters. The van der Waals surface area contributed by atoms with Gasteiger partial charge in [-0.1, -0.05) is 18.2 Å². The van der Waals surface area contributed by atoms with Crippen molar-refractivity contribution in [2.75, 3.05) is 25.0 Å². The third-order valence-corrected chi connectivity index (χ3v) is 5.25. The summed E-state index contributed by atoms with van der Waals surface area (Å²) >= 11 is 0. The van der Waals surface area contributed by atoms with E-state index in [-0.39, 0.29) is 42.2 Å². The molecule has 1 amide bonds. The number of hydrogen-bond donors (Lipinski definition) is 2. The molecule has 4 rings (SSSR count). The molecule has 0 atom stereocenters. The number of likely N-dealkylation sites (tertiary alicyclic amines) is 1. The third kappa shape index (κ3) is 5.03. The van der Waals surface area contributed by atoms with Crippen LogP contribution in [0.5, 0.6) is 0 Å². The topological polar surface area (TPSA) is 44.4 Å². The first kappa shape index (κ1) is 22.6. The van der Waals surface area contributed by atoms with Crippen molar-refractivity contribution in [1.29, 1.82) is 0 Å². The van der Waals surface area contributed by atoms with Gasteiger partial charge in [0.15, 0.2) is 0 Å². The monoisotopic (exact) mass is 425 g/mol. The fourth-order valence-corrected chi connectivity index (χ4v) is 3.83. The predicted molar refractivity (Wildman–Crippen MR) is 115 cm³/mol. The van der Waals surface area contributed by atoms with Crippen LogP contribution in [0.2, 0.25) is 0 Å². The van der Waals surface area contributed by atoms with Crippen LogP contribution in [0.1, 0.15) is 39.9 Å². The molecule has 7 heteroatoms. The zero-order valence-corrected chi connectivity index (χ0v) is 17.3. The quantitative estimate of drug-likeness (QED) is 0.772. The van der Waals surface area contributed by atoms with Crippen molar-refractivity contribution >= 4 is 36.4 Å². The lowest BCUT2D eigenvalue weighted by Gasteiger charge is -2.19. The molecule has 2 heterocycles. The van der Waals surface area contributed by atoms with Gasteiger partial charge in [0, 0.05) is 18.7 Å². The fraction of sp³-hybridized carbons (Fsp3) is 0.381. The molecule has 152 valence electrons. The number of nitrogens with zero attached hydrogens (tertiary/aromatic N) is 1. The van der Waals surface area contributed by atoms with E-state index in [1.165, 1.54) is 12.8 Å². The number of nitrogens with one attached hydrogen (secondary N) is 2. The number of hydrogen-bond acceptors (Lipinski definition) is 3. The predicted octanol–water partition coefficient (Wildman–Crippen LogP) is 4.16. The third-order valence-electron chi connectivity index (χ3n) is 5.25. The van der Waals surface area contributed by atoms with Gasteiger partial charge >= 0.3 is 0 Å². The number of halogens is 3. The highest BCUT2D eigenvalue weighted by Gasteiger charge is 2.18. The van der Waals surface area contributed by atoms with Crippen LogP contribution in [-0.2, 0) is 19.5 Å². The standard InChI is InChI=1S/C21H24FN3O.2ClH/c22-20-18-8-9-23-13-17(18)6-7-19(20)24-21(26)16-5-3-4-15(12-16)14-25-10-1-2-11-25;;/h3-7,12,23H,1-2,8-11,13-14H2,(H,24,26);2*1H. The second-order valence-electron chi connectivity index (χ2n) is 7.13. The van der Waals surface area contributed by atoms with Crippen molar-refractivity contribution in [3.8, 4) is 0 Å². The van der Waals surface area contributed by atoms with Crippen LogP contribution in [0.4, 0.5) is 10.1 Å². The van der Waals surface area contributed by atoms with E-state index < -0.39 is 0 Å². The van der Waals surface area contributed by atoms with Gasteiger partial charge in [0.2, 0.25) is 0 Å². The van der Waals surface area contributed by atoms with Crippen molar-refractivity contribution in [3.63, 3.8) is 0 Å². The summed E-state index contributed by atoms with van der Waals surface area (Å²) in [5.74, 6) is -0.563. The van der Waals surface area contributed by atoms with Crippen molar-refractivity contribution in [1.82, 2.24) is 10.2 Å². The van der Waals surface area contributed by atoms with E-state index in [9.17, 15) is 9.18 Å². The molecule has 1 saturated heterocycles. The Morgan fingerprint density at radius 3 is 2.71 bits per heavy atom. The number of amides is 1. The van der Waals surface area contributed by atoms with Crippen molar-refractivity contribution in [2.45, 2.75) is 32.4 Å². The maximum absolute atomic E-state index is 14.7. The van der Waals surface area contributed by atoms with E-state index in [2.05, 4.69) is 15.5 Å². The summed E-state index contributed by atoms with van der Waals surface area (Å²) < 4.78 is 14.7. The van der Waals surface area contributed by atoms with E-state index in [1.807, 2.05) is 24.3 Å². The molecule has 2 aromatic carbocycles. The van der Waals surface area contributed by atoms with Gasteiger partial charge in [-0.15, -0.1) is 24.8 Å². The highest BCUT2D eigenvalue weighted by Crippen LogP contribution is 2.25. The molecule has 28 heavy (non-hydrogen) atoms. The molecule has 0 aliphatic carbocycles. The second kappa shape index (κ2) is 10.2. The van der Waals surface area contributed by atoms with Crippen LogP contribution in [0.25, 0.3) is 0 Å². The Morgan fingerprint density at radius 1 is 1.14 bits per heavy atom. The molecule has 0 spiro atoms. The summed E-state index contributed by atoms with van der Waals surface area (Å²) in [5, 5.41) is 5.98. The van der Waals surface area contributed by atoms with E-state index in [0.717, 1.165) is 37.3 Å². The van der Waals surface area contributed by atoms with Crippen molar-refractivity contribution in [3.05, 3.63) is 64.5 Å². The number of carbonyl (C=O) groups excluding carboxylic acids is 1. The highest BCUT2D eigenvalue weighted by atomic mass is 35.5. The molecule has 0 saturated carbocycles. The summed E-state index contributed by atoms with van der Waals surface area (Å²) in [4.78, 5) is 15.0. The number of anilines is 1. The fourth-order valence-electron chi connectivity index (χ4n) is 3.83. The number of carbonyl (C=O) groups is 1. The molecule has 0 bridgehead atoms. The summed E-state index contributed by atoms with van der Waals surface area (Å²) in [7, 11) is 0. The van der Waals surface area contributed by atoms with Crippen LogP contribution in [0.3, 0.4) is 0 Å². The van der Waals surface area contributed by atoms with Crippen LogP contribution in [0, 0.1) is 5.82 Å². The minimum Gasteiger partial charge on any atom is -0.319 e. The average Bonchev–Trinajstić information content (AvgIpc) is 3.17. The van der Waals surface area contributed by atoms with Crippen LogP contribution in [-0.4, -0.2) is 30.4 Å². The Labute approximate surface area is 177 Å². The molecule has 2 aromatic rings. The molecular formula is C21H26Cl2FN3O. The Hall–Kier alpha value is -1.66. The number of benzene rings is 2. The zero-order valence-electron chi connectivity index (χ0n) is 15.7. The summed E-state index contributed by atoms with van der Waals surface area (Å²) in [5.41, 5.74) is 3.64. The van der Waals surface area contributed by atoms with E-state index in [1.54, 1.807) is 12.1 Å². The number of rotatable bonds is 4. The summed E-state index contributed by atoms with van der Waals surface area (Å²) in [6.45, 7) is 4.54. The lowest BCUT2D eigenvalue weighted by atomic mass is 9.99. The normalized spacial score (nSPS) is 15.9. The van der Waals surface area contributed by atoms with Gasteiger partial charge in [0.05, 0.1) is 5.69 Å². The summed E-state index contributed by atoms with van der Waals surface area (Å²) in [6, 6.07) is 11.2. The summed E-state index contributed by atoms with van der Waals surface area (Å²) in [6.07, 6.45) is 3.14. The smallest absolute Gasteiger partial charge is 0.255 e. The van der Waals surface area contributed by atoms with E-state index in [4.69, 9.17) is 0 Å². The van der Waals surface area contributed by atoms with Crippen LogP contribution in [0.15, 0.2) is 36.4 Å². The van der Waals surface area contributed by atoms with Crippen LogP contribution < -0.4 is 10.6 Å². The first-order chi connectivity index (χ1) is 12.7. The van der Waals surface area contributed by atoms with Gasteiger partial charge in [0.1, 0.15) is 5.82 Å². The zero-order chi connectivity index (χ0) is 17.9. The van der Waals surface area contributed by atoms with Gasteiger partial charge in [-0.25, -0.2) is 4.39 Å². The second-order valence-corrected chi connectivity index (χ2v) is 7.13. The van der Waals surface area contributed by atoms with Gasteiger partial charge in [-0.3, -0.25) is 9.69 Å². The molecule has 2 N–H and O–H groups in total. The first-order valence-corrected chi connectivity index (χ1v) is 9.34. The lowest BCUT2D eigenvalue weighted by molar-refractivity contribution is 0.102. The Morgan fingerprint density at radius 2 is 1.93 bits per heavy atom. The molecule has 1 fully saturated rings. The maximum Gasteiger partial charge on any atom is 0.255 e. The largest absolute Gasteiger partial charge is 0.319 e. The molecule has 2 aliphatic heterocycles. The van der Waals surface area contributed by atoms with E-state index in [0.29, 0.717) is 24.1 Å². The van der Waals surface area contributed by atoms with Crippen molar-refractivity contribution in [2.24, 2.45) is 0 Å². The molecule has 2 aliphatic rings. The van der Waals surface area contributed by atoms with Gasteiger partial charge < -0.3 is 10.6 Å². The average molecular weight is 426 g/mol. The highest BCUT2D eigenvalue weighted by molar-refractivity contribution is 6.04.